The molecule has 0 radical (unpaired) electrons. The van der Waals surface area contributed by atoms with Crippen LogP contribution in [0.4, 0.5) is 5.69 Å². The van der Waals surface area contributed by atoms with Gasteiger partial charge >= 0.3 is 0 Å². The molecule has 0 N–H and O–H groups in total. The van der Waals surface area contributed by atoms with Crippen molar-refractivity contribution in [3.63, 3.8) is 0 Å². The maximum Gasteiger partial charge on any atom is 0.161 e. The van der Waals surface area contributed by atoms with Crippen molar-refractivity contribution in [1.82, 2.24) is 4.67 Å². The monoisotopic (exact) mass is 418 g/mol. The Morgan fingerprint density at radius 3 is 2.03 bits per heavy atom. The number of fused-ring (bicyclic) bond motifs is 2. The maximum atomic E-state index is 6.05. The van der Waals surface area contributed by atoms with Crippen molar-refractivity contribution >= 4 is 15.1 Å². The number of anilines is 1. The molecule has 2 aliphatic heterocycles. The molecule has 0 aromatic heterocycles. The van der Waals surface area contributed by atoms with E-state index in [9.17, 15) is 0 Å². The Hall–Kier alpha value is -2.55. The maximum absolute atomic E-state index is 6.05. The molecule has 2 heterocycles. The zero-order valence-electron chi connectivity index (χ0n) is 17.5. The third kappa shape index (κ3) is 3.55. The van der Waals surface area contributed by atoms with Crippen LogP contribution in [0.25, 0.3) is 0 Å². The molecular weight excluding hydrogens is 391 g/mol. The van der Waals surface area contributed by atoms with Crippen LogP contribution in [0.3, 0.4) is 0 Å². The van der Waals surface area contributed by atoms with Gasteiger partial charge in [0.05, 0.1) is 0 Å². The summed E-state index contributed by atoms with van der Waals surface area (Å²) >= 11 is 0. The van der Waals surface area contributed by atoms with Crippen molar-refractivity contribution in [2.45, 2.75) is 32.4 Å². The quantitative estimate of drug-likeness (QED) is 0.538. The molecule has 154 valence electrons. The average Bonchev–Trinajstić information content (AvgIpc) is 2.78. The van der Waals surface area contributed by atoms with E-state index in [2.05, 4.69) is 93.5 Å². The second-order valence-electron chi connectivity index (χ2n) is 8.60. The predicted octanol–water partition coefficient (Wildman–Crippen LogP) is 5.31. The molecule has 4 nitrogen and oxygen atoms in total. The molecule has 3 aromatic rings. The first-order chi connectivity index (χ1) is 14.5. The van der Waals surface area contributed by atoms with Gasteiger partial charge in [-0.15, -0.1) is 0 Å². The zero-order chi connectivity index (χ0) is 20.7. The Bertz CT molecular complexity index is 1070. The summed E-state index contributed by atoms with van der Waals surface area (Å²) in [4.78, 5) is 2.27. The molecule has 0 saturated heterocycles. The summed E-state index contributed by atoms with van der Waals surface area (Å²) in [6.07, 6.45) is 0. The molecule has 1 atom stereocenters. The fraction of sp³-hybridized carbons (Fsp3) is 0.280. The second kappa shape index (κ2) is 7.61. The van der Waals surface area contributed by atoms with Gasteiger partial charge in [-0.05, 0) is 47.5 Å². The summed E-state index contributed by atoms with van der Waals surface area (Å²) in [5, 5.41) is 0. The Morgan fingerprint density at radius 2 is 1.37 bits per heavy atom. The highest BCUT2D eigenvalue weighted by Crippen LogP contribution is 2.38. The van der Waals surface area contributed by atoms with Crippen LogP contribution in [0.15, 0.2) is 66.7 Å². The molecule has 3 aromatic carbocycles. The zero-order valence-corrected chi connectivity index (χ0v) is 18.6. The van der Waals surface area contributed by atoms with Gasteiger partial charge in [-0.3, -0.25) is 4.67 Å². The third-order valence-electron chi connectivity index (χ3n) is 6.18. The van der Waals surface area contributed by atoms with Gasteiger partial charge in [0.25, 0.3) is 0 Å². The number of benzene rings is 3. The highest BCUT2D eigenvalue weighted by molar-refractivity contribution is 7.13. The lowest BCUT2D eigenvalue weighted by atomic mass is 9.77. The Morgan fingerprint density at radius 1 is 0.767 bits per heavy atom. The average molecular weight is 418 g/mol. The molecule has 0 saturated carbocycles. The van der Waals surface area contributed by atoms with Gasteiger partial charge in [-0.1, -0.05) is 53.6 Å². The van der Waals surface area contributed by atoms with Crippen LogP contribution in [0, 0.1) is 0 Å². The van der Waals surface area contributed by atoms with E-state index in [0.717, 1.165) is 24.6 Å². The predicted molar refractivity (Wildman–Crippen MR) is 124 cm³/mol. The fourth-order valence-corrected chi connectivity index (χ4v) is 4.52. The molecule has 1 unspecified atom stereocenters. The SMILES string of the molecule is CC(C)(c1ccc2c(c1)CN(P)CO2)c1ccc2c(c1)CN(c1ccccc1)CO2. The number of ether oxygens (including phenoxy) is 2. The van der Waals surface area contributed by atoms with Crippen molar-refractivity contribution in [3.05, 3.63) is 89.0 Å². The Balaban J connectivity index is 1.45. The molecule has 0 fully saturated rings. The minimum absolute atomic E-state index is 0.123. The number of hydrogen-bond donors (Lipinski definition) is 0. The highest BCUT2D eigenvalue weighted by Gasteiger charge is 2.27. The topological polar surface area (TPSA) is 24.9 Å². The van der Waals surface area contributed by atoms with E-state index in [1.807, 2.05) is 6.07 Å². The van der Waals surface area contributed by atoms with Crippen LogP contribution in [0.1, 0.15) is 36.1 Å². The van der Waals surface area contributed by atoms with E-state index in [0.29, 0.717) is 13.5 Å². The first-order valence-electron chi connectivity index (χ1n) is 10.3. The summed E-state index contributed by atoms with van der Waals surface area (Å²) in [5.41, 5.74) is 6.11. The van der Waals surface area contributed by atoms with Crippen LogP contribution in [0.2, 0.25) is 0 Å². The lowest BCUT2D eigenvalue weighted by molar-refractivity contribution is 0.180. The first-order valence-corrected chi connectivity index (χ1v) is 10.8. The smallest absolute Gasteiger partial charge is 0.161 e. The van der Waals surface area contributed by atoms with Gasteiger partial charge in [-0.2, -0.15) is 0 Å². The summed E-state index contributed by atoms with van der Waals surface area (Å²) in [5.74, 6) is 1.98. The number of para-hydroxylation sites is 1. The number of rotatable bonds is 3. The minimum atomic E-state index is -0.123. The molecule has 0 bridgehead atoms. The van der Waals surface area contributed by atoms with E-state index >= 15 is 0 Å². The standard InChI is InChI=1S/C25H27N2O2P/c1-25(2,21-9-11-24-19(13-21)15-27(30)17-29-24)20-8-10-23-18(12-20)14-26(16-28-23)22-6-4-3-5-7-22/h3-13H,14-17,30H2,1-2H3. The Kier molecular flexibility index (Phi) is 4.92. The minimum Gasteiger partial charge on any atom is -0.478 e. The lowest BCUT2D eigenvalue weighted by Gasteiger charge is -2.33. The van der Waals surface area contributed by atoms with Gasteiger partial charge < -0.3 is 14.4 Å². The molecule has 30 heavy (non-hydrogen) atoms. The van der Waals surface area contributed by atoms with Crippen LogP contribution in [0.5, 0.6) is 11.5 Å². The van der Waals surface area contributed by atoms with Crippen molar-refractivity contribution in [3.8, 4) is 11.5 Å². The molecule has 5 heteroatoms. The van der Waals surface area contributed by atoms with Gasteiger partial charge in [-0.25, -0.2) is 0 Å². The van der Waals surface area contributed by atoms with Gasteiger partial charge in [0, 0.05) is 35.3 Å². The van der Waals surface area contributed by atoms with Crippen molar-refractivity contribution < 1.29 is 9.47 Å². The van der Waals surface area contributed by atoms with E-state index in [4.69, 9.17) is 9.47 Å². The summed E-state index contributed by atoms with van der Waals surface area (Å²) in [6.45, 7) is 7.51. The lowest BCUT2D eigenvalue weighted by Crippen LogP contribution is -2.32. The molecule has 0 spiro atoms. The van der Waals surface area contributed by atoms with Crippen LogP contribution < -0.4 is 14.4 Å². The van der Waals surface area contributed by atoms with Crippen molar-refractivity contribution in [2.75, 3.05) is 18.4 Å². The first kappa shape index (κ1) is 19.4. The number of nitrogens with zero attached hydrogens (tertiary/aromatic N) is 2. The third-order valence-corrected chi connectivity index (χ3v) is 6.51. The summed E-state index contributed by atoms with van der Waals surface area (Å²) < 4.78 is 14.0. The normalized spacial score (nSPS) is 16.3. The van der Waals surface area contributed by atoms with E-state index in [1.165, 1.54) is 27.9 Å². The van der Waals surface area contributed by atoms with Gasteiger partial charge in [0.1, 0.15) is 18.2 Å². The molecule has 0 aliphatic carbocycles. The van der Waals surface area contributed by atoms with Crippen LogP contribution in [-0.4, -0.2) is 18.1 Å². The van der Waals surface area contributed by atoms with E-state index in [1.54, 1.807) is 0 Å². The van der Waals surface area contributed by atoms with Crippen molar-refractivity contribution in [1.29, 1.82) is 0 Å². The Labute approximate surface area is 180 Å². The second-order valence-corrected chi connectivity index (χ2v) is 9.33. The summed E-state index contributed by atoms with van der Waals surface area (Å²) in [7, 11) is 2.73. The van der Waals surface area contributed by atoms with Gasteiger partial charge in [0.15, 0.2) is 6.73 Å². The van der Waals surface area contributed by atoms with Crippen molar-refractivity contribution in [2.24, 2.45) is 0 Å². The van der Waals surface area contributed by atoms with E-state index in [-0.39, 0.29) is 5.41 Å². The highest BCUT2D eigenvalue weighted by atomic mass is 31.0. The van der Waals surface area contributed by atoms with Crippen LogP contribution in [-0.2, 0) is 18.5 Å². The van der Waals surface area contributed by atoms with Gasteiger partial charge in [0.2, 0.25) is 0 Å². The summed E-state index contributed by atoms with van der Waals surface area (Å²) in [6, 6.07) is 23.7. The van der Waals surface area contributed by atoms with Crippen LogP contribution >= 0.6 is 9.39 Å². The molecule has 2 aliphatic rings. The molecule has 0 amide bonds. The van der Waals surface area contributed by atoms with E-state index < -0.39 is 0 Å². The fourth-order valence-electron chi connectivity index (χ4n) is 4.25. The molecular formula is C25H27N2O2P. The largest absolute Gasteiger partial charge is 0.478 e. The number of hydrogen-bond acceptors (Lipinski definition) is 4. The molecule has 5 rings (SSSR count).